The van der Waals surface area contributed by atoms with Crippen molar-refractivity contribution >= 4 is 12.0 Å². The number of carbonyl (C=O) groups is 1. The molecule has 1 saturated carbocycles. The first-order valence-corrected chi connectivity index (χ1v) is 9.75. The Balaban J connectivity index is 1.47. The standard InChI is InChI=1S/C23H28N2O2/c1-25(17-20-6-3-2-4-7-20)23(26)14-11-19-9-12-22(13-10-19)27-18-21-8-5-15-24-16-21/h5,8-16,20H,2-4,6-7,17-18H2,1H3/b14-11+. The van der Waals surface area contributed by atoms with E-state index in [9.17, 15) is 4.79 Å². The highest BCUT2D eigenvalue weighted by molar-refractivity contribution is 5.91. The van der Waals surface area contributed by atoms with Crippen LogP contribution in [-0.2, 0) is 11.4 Å². The molecule has 27 heavy (non-hydrogen) atoms. The molecule has 0 saturated heterocycles. The lowest BCUT2D eigenvalue weighted by Crippen LogP contribution is -2.31. The number of aromatic nitrogens is 1. The van der Waals surface area contributed by atoms with Gasteiger partial charge in [-0.2, -0.15) is 0 Å². The van der Waals surface area contributed by atoms with Crippen molar-refractivity contribution in [3.05, 3.63) is 66.0 Å². The zero-order valence-electron chi connectivity index (χ0n) is 16.0. The molecule has 0 spiro atoms. The van der Waals surface area contributed by atoms with Crippen molar-refractivity contribution < 1.29 is 9.53 Å². The van der Waals surface area contributed by atoms with Crippen molar-refractivity contribution in [2.45, 2.75) is 38.7 Å². The number of pyridine rings is 1. The lowest BCUT2D eigenvalue weighted by atomic mass is 9.89. The van der Waals surface area contributed by atoms with Crippen LogP contribution in [0, 0.1) is 5.92 Å². The highest BCUT2D eigenvalue weighted by atomic mass is 16.5. The first kappa shape index (κ1) is 19.2. The topological polar surface area (TPSA) is 42.4 Å². The van der Waals surface area contributed by atoms with E-state index in [1.54, 1.807) is 18.5 Å². The van der Waals surface area contributed by atoms with E-state index in [0.717, 1.165) is 23.4 Å². The zero-order chi connectivity index (χ0) is 18.9. The molecule has 142 valence electrons. The van der Waals surface area contributed by atoms with E-state index in [1.807, 2.05) is 54.4 Å². The second-order valence-corrected chi connectivity index (χ2v) is 7.28. The Morgan fingerprint density at radius 3 is 2.67 bits per heavy atom. The van der Waals surface area contributed by atoms with Crippen LogP contribution >= 0.6 is 0 Å². The minimum absolute atomic E-state index is 0.0671. The number of hydrogen-bond donors (Lipinski definition) is 0. The number of hydrogen-bond acceptors (Lipinski definition) is 3. The molecule has 0 bridgehead atoms. The lowest BCUT2D eigenvalue weighted by molar-refractivity contribution is -0.125. The summed E-state index contributed by atoms with van der Waals surface area (Å²) in [7, 11) is 1.90. The van der Waals surface area contributed by atoms with Gasteiger partial charge in [-0.05, 0) is 48.6 Å². The van der Waals surface area contributed by atoms with E-state index in [2.05, 4.69) is 4.98 Å². The molecule has 0 unspecified atom stereocenters. The molecule has 1 aromatic heterocycles. The fourth-order valence-corrected chi connectivity index (χ4v) is 3.47. The Hall–Kier alpha value is -2.62. The third-order valence-electron chi connectivity index (χ3n) is 5.06. The molecule has 4 heteroatoms. The summed E-state index contributed by atoms with van der Waals surface area (Å²) >= 11 is 0. The van der Waals surface area contributed by atoms with Crippen LogP contribution in [0.4, 0.5) is 0 Å². The van der Waals surface area contributed by atoms with E-state index >= 15 is 0 Å². The van der Waals surface area contributed by atoms with E-state index in [-0.39, 0.29) is 5.91 Å². The molecule has 1 aliphatic carbocycles. The molecular formula is C23H28N2O2. The maximum atomic E-state index is 12.3. The average molecular weight is 364 g/mol. The van der Waals surface area contributed by atoms with E-state index < -0.39 is 0 Å². The van der Waals surface area contributed by atoms with Gasteiger partial charge in [0, 0.05) is 37.6 Å². The van der Waals surface area contributed by atoms with Gasteiger partial charge in [-0.3, -0.25) is 9.78 Å². The summed E-state index contributed by atoms with van der Waals surface area (Å²) in [5, 5.41) is 0. The van der Waals surface area contributed by atoms with Crippen molar-refractivity contribution in [1.82, 2.24) is 9.88 Å². The monoisotopic (exact) mass is 364 g/mol. The fourth-order valence-electron chi connectivity index (χ4n) is 3.47. The number of rotatable bonds is 7. The average Bonchev–Trinajstić information content (AvgIpc) is 2.72. The van der Waals surface area contributed by atoms with Crippen LogP contribution in [0.15, 0.2) is 54.9 Å². The summed E-state index contributed by atoms with van der Waals surface area (Å²) in [6.45, 7) is 1.36. The van der Waals surface area contributed by atoms with Gasteiger partial charge in [0.2, 0.25) is 5.91 Å². The van der Waals surface area contributed by atoms with Gasteiger partial charge in [0.1, 0.15) is 12.4 Å². The van der Waals surface area contributed by atoms with Crippen LogP contribution in [0.2, 0.25) is 0 Å². The number of benzene rings is 1. The predicted molar refractivity (Wildman–Crippen MR) is 108 cm³/mol. The number of likely N-dealkylation sites (N-methyl/N-ethyl adjacent to an activating group) is 1. The van der Waals surface area contributed by atoms with Crippen LogP contribution in [0.3, 0.4) is 0 Å². The highest BCUT2D eigenvalue weighted by Crippen LogP contribution is 2.24. The smallest absolute Gasteiger partial charge is 0.246 e. The van der Waals surface area contributed by atoms with Gasteiger partial charge in [0.15, 0.2) is 0 Å². The SMILES string of the molecule is CN(CC1CCCCC1)C(=O)/C=C/c1ccc(OCc2cccnc2)cc1. The molecule has 3 rings (SSSR count). The summed E-state index contributed by atoms with van der Waals surface area (Å²) < 4.78 is 5.76. The minimum atomic E-state index is 0.0671. The Kier molecular flexibility index (Phi) is 7.03. The summed E-state index contributed by atoms with van der Waals surface area (Å²) in [4.78, 5) is 18.2. The summed E-state index contributed by atoms with van der Waals surface area (Å²) in [5.41, 5.74) is 2.02. The number of amides is 1. The molecular weight excluding hydrogens is 336 g/mol. The summed E-state index contributed by atoms with van der Waals surface area (Å²) in [6.07, 6.45) is 13.5. The van der Waals surface area contributed by atoms with Gasteiger partial charge in [0.05, 0.1) is 0 Å². The zero-order valence-corrected chi connectivity index (χ0v) is 16.0. The normalized spacial score (nSPS) is 15.0. The molecule has 1 aliphatic rings. The molecule has 2 aromatic rings. The molecule has 1 amide bonds. The second-order valence-electron chi connectivity index (χ2n) is 7.28. The van der Waals surface area contributed by atoms with Crippen molar-refractivity contribution in [2.24, 2.45) is 5.92 Å². The van der Waals surface area contributed by atoms with E-state index in [0.29, 0.717) is 12.5 Å². The van der Waals surface area contributed by atoms with Crippen molar-refractivity contribution in [2.75, 3.05) is 13.6 Å². The largest absolute Gasteiger partial charge is 0.489 e. The van der Waals surface area contributed by atoms with Crippen LogP contribution in [0.25, 0.3) is 6.08 Å². The van der Waals surface area contributed by atoms with Gasteiger partial charge in [-0.25, -0.2) is 0 Å². The number of carbonyl (C=O) groups excluding carboxylic acids is 1. The molecule has 4 nitrogen and oxygen atoms in total. The predicted octanol–water partition coefficient (Wildman–Crippen LogP) is 4.71. The van der Waals surface area contributed by atoms with Gasteiger partial charge in [-0.1, -0.05) is 37.5 Å². The summed E-state index contributed by atoms with van der Waals surface area (Å²) in [5.74, 6) is 1.53. The van der Waals surface area contributed by atoms with E-state index in [1.165, 1.54) is 32.1 Å². The molecule has 1 fully saturated rings. The van der Waals surface area contributed by atoms with Crippen LogP contribution < -0.4 is 4.74 Å². The van der Waals surface area contributed by atoms with Crippen LogP contribution in [0.1, 0.15) is 43.2 Å². The number of ether oxygens (including phenoxy) is 1. The Morgan fingerprint density at radius 1 is 1.19 bits per heavy atom. The molecule has 1 aromatic carbocycles. The Bertz CT molecular complexity index is 735. The third kappa shape index (κ3) is 6.24. The Morgan fingerprint density at radius 2 is 1.96 bits per heavy atom. The molecule has 0 aliphatic heterocycles. The van der Waals surface area contributed by atoms with Crippen molar-refractivity contribution in [3.63, 3.8) is 0 Å². The molecule has 0 radical (unpaired) electrons. The number of nitrogens with zero attached hydrogens (tertiary/aromatic N) is 2. The second kappa shape index (κ2) is 9.91. The fraction of sp³-hybridized carbons (Fsp3) is 0.391. The van der Waals surface area contributed by atoms with Crippen LogP contribution in [0.5, 0.6) is 5.75 Å². The van der Waals surface area contributed by atoms with Crippen molar-refractivity contribution in [1.29, 1.82) is 0 Å². The van der Waals surface area contributed by atoms with E-state index in [4.69, 9.17) is 4.74 Å². The maximum absolute atomic E-state index is 12.3. The van der Waals surface area contributed by atoms with Gasteiger partial charge < -0.3 is 9.64 Å². The Labute approximate surface area is 161 Å². The third-order valence-corrected chi connectivity index (χ3v) is 5.06. The van der Waals surface area contributed by atoms with Crippen LogP contribution in [-0.4, -0.2) is 29.4 Å². The van der Waals surface area contributed by atoms with Gasteiger partial charge in [-0.15, -0.1) is 0 Å². The first-order valence-electron chi connectivity index (χ1n) is 9.75. The van der Waals surface area contributed by atoms with Gasteiger partial charge >= 0.3 is 0 Å². The van der Waals surface area contributed by atoms with Crippen molar-refractivity contribution in [3.8, 4) is 5.75 Å². The first-order chi connectivity index (χ1) is 13.2. The highest BCUT2D eigenvalue weighted by Gasteiger charge is 2.16. The lowest BCUT2D eigenvalue weighted by Gasteiger charge is -2.26. The molecule has 0 atom stereocenters. The quantitative estimate of drug-likeness (QED) is 0.668. The maximum Gasteiger partial charge on any atom is 0.246 e. The molecule has 1 heterocycles. The minimum Gasteiger partial charge on any atom is -0.489 e. The molecule has 0 N–H and O–H groups in total. The van der Waals surface area contributed by atoms with Gasteiger partial charge in [0.25, 0.3) is 0 Å². The summed E-state index contributed by atoms with van der Waals surface area (Å²) in [6, 6.07) is 11.7.